The van der Waals surface area contributed by atoms with E-state index in [-0.39, 0.29) is 29.1 Å². The molecular formula is C22H25ClN2O4S2. The molecule has 2 aromatic rings. The van der Waals surface area contributed by atoms with Gasteiger partial charge in [-0.1, -0.05) is 17.7 Å². The van der Waals surface area contributed by atoms with Crippen molar-refractivity contribution in [2.24, 2.45) is 0 Å². The maximum atomic E-state index is 13.2. The Morgan fingerprint density at radius 1 is 1.16 bits per heavy atom. The first-order valence-corrected chi connectivity index (χ1v) is 13.0. The van der Waals surface area contributed by atoms with Crippen LogP contribution in [0.1, 0.15) is 42.2 Å². The minimum absolute atomic E-state index is 0.115. The molecule has 6 nitrogen and oxygen atoms in total. The van der Waals surface area contributed by atoms with Crippen LogP contribution < -0.4 is 5.32 Å². The minimum Gasteiger partial charge on any atom is -0.373 e. The Kier molecular flexibility index (Phi) is 6.65. The Bertz CT molecular complexity index is 1080. The Morgan fingerprint density at radius 2 is 1.90 bits per heavy atom. The highest BCUT2D eigenvalue weighted by Crippen LogP contribution is 2.37. The smallest absolute Gasteiger partial charge is 0.251 e. The van der Waals surface area contributed by atoms with E-state index in [0.29, 0.717) is 23.7 Å². The number of nitrogens with zero attached hydrogens (tertiary/aromatic N) is 1. The van der Waals surface area contributed by atoms with Gasteiger partial charge in [-0.05, 0) is 62.2 Å². The molecule has 166 valence electrons. The van der Waals surface area contributed by atoms with E-state index in [0.717, 1.165) is 22.6 Å². The number of hydrogen-bond donors (Lipinski definition) is 1. The minimum atomic E-state index is -3.72. The van der Waals surface area contributed by atoms with Crippen LogP contribution in [0, 0.1) is 0 Å². The van der Waals surface area contributed by atoms with Gasteiger partial charge >= 0.3 is 0 Å². The second-order valence-electron chi connectivity index (χ2n) is 7.95. The van der Waals surface area contributed by atoms with E-state index < -0.39 is 10.0 Å². The molecule has 2 aliphatic heterocycles. The Morgan fingerprint density at radius 3 is 2.65 bits per heavy atom. The SMILES string of the molecule is C[C@@H]1CN(S(=O)(=O)c2cccc(C(=O)N[C@H]3CCSc4ccc(Cl)cc43)c2)C[C@@H](C)O1. The van der Waals surface area contributed by atoms with E-state index >= 15 is 0 Å². The van der Waals surface area contributed by atoms with Crippen LogP contribution in [0.5, 0.6) is 0 Å². The second kappa shape index (κ2) is 9.11. The molecule has 1 N–H and O–H groups in total. The molecule has 0 unspecified atom stereocenters. The largest absolute Gasteiger partial charge is 0.373 e. The van der Waals surface area contributed by atoms with Gasteiger partial charge in [0.15, 0.2) is 0 Å². The fourth-order valence-corrected chi connectivity index (χ4v) is 6.95. The predicted octanol–water partition coefficient (Wildman–Crippen LogP) is 4.10. The molecular weight excluding hydrogens is 456 g/mol. The fraction of sp³-hybridized carbons (Fsp3) is 0.409. The number of ether oxygens (including phenoxy) is 1. The Labute approximate surface area is 192 Å². The summed E-state index contributed by atoms with van der Waals surface area (Å²) >= 11 is 7.90. The lowest BCUT2D eigenvalue weighted by Crippen LogP contribution is -2.48. The average Bonchev–Trinajstić information content (AvgIpc) is 2.73. The second-order valence-corrected chi connectivity index (χ2v) is 11.5. The first-order chi connectivity index (χ1) is 14.7. The molecule has 0 aromatic heterocycles. The molecule has 1 saturated heterocycles. The van der Waals surface area contributed by atoms with Crippen LogP contribution in [0.15, 0.2) is 52.3 Å². The van der Waals surface area contributed by atoms with Crippen molar-refractivity contribution >= 4 is 39.3 Å². The summed E-state index contributed by atoms with van der Waals surface area (Å²) < 4.78 is 33.4. The number of carbonyl (C=O) groups is 1. The van der Waals surface area contributed by atoms with Gasteiger partial charge in [0, 0.05) is 34.3 Å². The summed E-state index contributed by atoms with van der Waals surface area (Å²) in [6, 6.07) is 11.8. The van der Waals surface area contributed by atoms with Crippen molar-refractivity contribution < 1.29 is 17.9 Å². The van der Waals surface area contributed by atoms with E-state index in [1.54, 1.807) is 23.9 Å². The number of sulfonamides is 1. The highest BCUT2D eigenvalue weighted by molar-refractivity contribution is 7.99. The summed E-state index contributed by atoms with van der Waals surface area (Å²) in [6.07, 6.45) is 0.424. The van der Waals surface area contributed by atoms with Crippen molar-refractivity contribution in [1.29, 1.82) is 0 Å². The zero-order valence-corrected chi connectivity index (χ0v) is 19.8. The van der Waals surface area contributed by atoms with Gasteiger partial charge < -0.3 is 10.1 Å². The first kappa shape index (κ1) is 22.6. The van der Waals surface area contributed by atoms with Gasteiger partial charge in [-0.25, -0.2) is 8.42 Å². The molecule has 2 aliphatic rings. The number of amides is 1. The number of carbonyl (C=O) groups excluding carboxylic acids is 1. The van der Waals surface area contributed by atoms with Crippen LogP contribution in [-0.4, -0.2) is 49.7 Å². The molecule has 0 radical (unpaired) electrons. The van der Waals surface area contributed by atoms with E-state index in [1.165, 1.54) is 16.4 Å². The van der Waals surface area contributed by atoms with E-state index in [9.17, 15) is 13.2 Å². The number of morpholine rings is 1. The molecule has 2 heterocycles. The maximum absolute atomic E-state index is 13.2. The van der Waals surface area contributed by atoms with E-state index in [1.807, 2.05) is 32.0 Å². The van der Waals surface area contributed by atoms with Crippen molar-refractivity contribution in [3.8, 4) is 0 Å². The summed E-state index contributed by atoms with van der Waals surface area (Å²) in [5, 5.41) is 3.68. The number of halogens is 1. The van der Waals surface area contributed by atoms with E-state index in [2.05, 4.69) is 5.32 Å². The Hall–Kier alpha value is -1.58. The molecule has 0 spiro atoms. The van der Waals surface area contributed by atoms with Gasteiger partial charge in [0.1, 0.15) is 0 Å². The normalized spacial score (nSPS) is 24.4. The Balaban J connectivity index is 1.55. The standard InChI is InChI=1S/C22H25ClN2O4S2/c1-14-12-25(13-15(2)29-14)31(27,28)18-5-3-4-16(10-18)22(26)24-20-8-9-30-21-7-6-17(23)11-19(20)21/h3-7,10-11,14-15,20H,8-9,12-13H2,1-2H3,(H,24,26)/t14-,15-,20+/m1/s1. The molecule has 4 rings (SSSR count). The lowest BCUT2D eigenvalue weighted by Gasteiger charge is -2.34. The van der Waals surface area contributed by atoms with Crippen LogP contribution >= 0.6 is 23.4 Å². The molecule has 0 aliphatic carbocycles. The number of rotatable bonds is 4. The first-order valence-electron chi connectivity index (χ1n) is 10.2. The van der Waals surface area contributed by atoms with Gasteiger partial charge in [-0.15, -0.1) is 11.8 Å². The average molecular weight is 481 g/mol. The topological polar surface area (TPSA) is 75.7 Å². The lowest BCUT2D eigenvalue weighted by atomic mass is 10.0. The predicted molar refractivity (Wildman–Crippen MR) is 122 cm³/mol. The van der Waals surface area contributed by atoms with E-state index in [4.69, 9.17) is 16.3 Å². The van der Waals surface area contributed by atoms with Gasteiger partial charge in [0.2, 0.25) is 10.0 Å². The maximum Gasteiger partial charge on any atom is 0.251 e. The van der Waals surface area contributed by atoms with Crippen LogP contribution in [0.4, 0.5) is 0 Å². The zero-order chi connectivity index (χ0) is 22.2. The molecule has 0 bridgehead atoms. The molecule has 2 aromatic carbocycles. The van der Waals surface area contributed by atoms with Gasteiger partial charge in [-0.2, -0.15) is 4.31 Å². The summed E-state index contributed by atoms with van der Waals surface area (Å²) in [4.78, 5) is 14.2. The van der Waals surface area contributed by atoms with Crippen LogP contribution in [0.25, 0.3) is 0 Å². The molecule has 3 atom stereocenters. The third kappa shape index (κ3) is 4.93. The number of fused-ring (bicyclic) bond motifs is 1. The highest BCUT2D eigenvalue weighted by Gasteiger charge is 2.32. The summed E-state index contributed by atoms with van der Waals surface area (Å²) in [7, 11) is -3.72. The summed E-state index contributed by atoms with van der Waals surface area (Å²) in [6.45, 7) is 4.30. The van der Waals surface area contributed by atoms with Crippen molar-refractivity contribution in [2.45, 2.75) is 48.3 Å². The van der Waals surface area contributed by atoms with Crippen LogP contribution in [0.3, 0.4) is 0 Å². The van der Waals surface area contributed by atoms with Crippen molar-refractivity contribution in [3.05, 3.63) is 58.6 Å². The highest BCUT2D eigenvalue weighted by atomic mass is 35.5. The van der Waals surface area contributed by atoms with Crippen LogP contribution in [0.2, 0.25) is 5.02 Å². The number of benzene rings is 2. The lowest BCUT2D eigenvalue weighted by molar-refractivity contribution is -0.0440. The third-order valence-electron chi connectivity index (χ3n) is 5.44. The molecule has 1 fully saturated rings. The number of nitrogens with one attached hydrogen (secondary N) is 1. The van der Waals surface area contributed by atoms with Crippen molar-refractivity contribution in [1.82, 2.24) is 9.62 Å². The quantitative estimate of drug-likeness (QED) is 0.712. The molecule has 9 heteroatoms. The molecule has 0 saturated carbocycles. The fourth-order valence-electron chi connectivity index (χ4n) is 4.03. The number of thioether (sulfide) groups is 1. The third-order valence-corrected chi connectivity index (χ3v) is 8.62. The monoisotopic (exact) mass is 480 g/mol. The van der Waals surface area contributed by atoms with Crippen molar-refractivity contribution in [2.75, 3.05) is 18.8 Å². The summed E-state index contributed by atoms with van der Waals surface area (Å²) in [5.74, 6) is 0.588. The van der Waals surface area contributed by atoms with Crippen molar-refractivity contribution in [3.63, 3.8) is 0 Å². The van der Waals surface area contributed by atoms with Gasteiger partial charge in [0.05, 0.1) is 23.1 Å². The van der Waals surface area contributed by atoms with Gasteiger partial charge in [0.25, 0.3) is 5.91 Å². The molecule has 31 heavy (non-hydrogen) atoms. The molecule has 1 amide bonds. The summed E-state index contributed by atoms with van der Waals surface area (Å²) in [5.41, 5.74) is 1.31. The van der Waals surface area contributed by atoms with Crippen LogP contribution in [-0.2, 0) is 14.8 Å². The number of hydrogen-bond acceptors (Lipinski definition) is 5. The van der Waals surface area contributed by atoms with Gasteiger partial charge in [-0.3, -0.25) is 4.79 Å². The zero-order valence-electron chi connectivity index (χ0n) is 17.4.